The Kier molecular flexibility index (Phi) is 3.74. The number of ether oxygens (including phenoxy) is 1. The van der Waals surface area contributed by atoms with E-state index in [0.717, 1.165) is 17.9 Å². The minimum absolute atomic E-state index is 0.245. The lowest BCUT2D eigenvalue weighted by Crippen LogP contribution is -2.16. The topological polar surface area (TPSA) is 34.4 Å². The van der Waals surface area contributed by atoms with Gasteiger partial charge in [0, 0.05) is 18.2 Å². The molecule has 4 heteroatoms. The zero-order chi connectivity index (χ0) is 13.9. The van der Waals surface area contributed by atoms with E-state index in [1.807, 2.05) is 6.07 Å². The van der Waals surface area contributed by atoms with Crippen molar-refractivity contribution in [2.75, 3.05) is 0 Å². The number of hydrogen-bond donors (Lipinski definition) is 1. The van der Waals surface area contributed by atoms with Gasteiger partial charge in [0.1, 0.15) is 12.4 Å². The number of halogens is 1. The molecular formula is C16H18FNO2. The molecule has 2 aromatic rings. The molecule has 0 atom stereocenters. The van der Waals surface area contributed by atoms with Crippen molar-refractivity contribution in [2.24, 2.45) is 0 Å². The van der Waals surface area contributed by atoms with Gasteiger partial charge in [-0.3, -0.25) is 0 Å². The Morgan fingerprint density at radius 1 is 1.35 bits per heavy atom. The van der Waals surface area contributed by atoms with E-state index in [0.29, 0.717) is 11.6 Å². The molecule has 106 valence electrons. The first kappa shape index (κ1) is 13.2. The molecule has 0 unspecified atom stereocenters. The highest BCUT2D eigenvalue weighted by Crippen LogP contribution is 2.23. The maximum absolute atomic E-state index is 13.8. The molecule has 1 fully saturated rings. The maximum atomic E-state index is 13.8. The van der Waals surface area contributed by atoms with Crippen LogP contribution in [0.3, 0.4) is 0 Å². The summed E-state index contributed by atoms with van der Waals surface area (Å²) in [6.07, 6.45) is 4.14. The van der Waals surface area contributed by atoms with Gasteiger partial charge >= 0.3 is 0 Å². The fraction of sp³-hybridized carbons (Fsp3) is 0.375. The van der Waals surface area contributed by atoms with Gasteiger partial charge in [0.15, 0.2) is 11.6 Å². The van der Waals surface area contributed by atoms with Crippen LogP contribution in [-0.2, 0) is 13.2 Å². The molecule has 0 bridgehead atoms. The summed E-state index contributed by atoms with van der Waals surface area (Å²) in [5.41, 5.74) is 1.66. The molecule has 1 heterocycles. The Hall–Kier alpha value is -1.81. The second-order valence-corrected chi connectivity index (χ2v) is 5.20. The van der Waals surface area contributed by atoms with Crippen molar-refractivity contribution in [2.45, 2.75) is 39.0 Å². The SMILES string of the molecule is Cc1cccc(OCc2occc2CNC2CC2)c1F. The van der Waals surface area contributed by atoms with Crippen LogP contribution in [0.1, 0.15) is 29.7 Å². The van der Waals surface area contributed by atoms with Crippen LogP contribution < -0.4 is 10.1 Å². The van der Waals surface area contributed by atoms with E-state index in [2.05, 4.69) is 5.32 Å². The maximum Gasteiger partial charge on any atom is 0.167 e. The summed E-state index contributed by atoms with van der Waals surface area (Å²) < 4.78 is 24.8. The van der Waals surface area contributed by atoms with Crippen LogP contribution >= 0.6 is 0 Å². The van der Waals surface area contributed by atoms with Crippen molar-refractivity contribution in [3.63, 3.8) is 0 Å². The van der Waals surface area contributed by atoms with Crippen LogP contribution in [0.2, 0.25) is 0 Å². The lowest BCUT2D eigenvalue weighted by atomic mass is 10.2. The van der Waals surface area contributed by atoms with E-state index in [-0.39, 0.29) is 18.2 Å². The first-order chi connectivity index (χ1) is 9.74. The third kappa shape index (κ3) is 3.02. The first-order valence-corrected chi connectivity index (χ1v) is 6.90. The van der Waals surface area contributed by atoms with Crippen LogP contribution in [0.5, 0.6) is 5.75 Å². The van der Waals surface area contributed by atoms with Crippen molar-refractivity contribution < 1.29 is 13.5 Å². The molecule has 0 saturated heterocycles. The molecule has 1 aromatic carbocycles. The molecule has 0 aliphatic heterocycles. The lowest BCUT2D eigenvalue weighted by molar-refractivity contribution is 0.256. The Bertz CT molecular complexity index is 590. The van der Waals surface area contributed by atoms with E-state index >= 15 is 0 Å². The quantitative estimate of drug-likeness (QED) is 0.875. The molecule has 20 heavy (non-hydrogen) atoms. The van der Waals surface area contributed by atoms with Gasteiger partial charge in [-0.2, -0.15) is 0 Å². The van der Waals surface area contributed by atoms with Gasteiger partial charge in [0.2, 0.25) is 0 Å². The Balaban J connectivity index is 1.62. The molecule has 0 amide bonds. The smallest absolute Gasteiger partial charge is 0.167 e. The Labute approximate surface area is 117 Å². The molecular weight excluding hydrogens is 257 g/mol. The standard InChI is InChI=1S/C16H18FNO2/c1-11-3-2-4-14(16(11)17)20-10-15-12(7-8-19-15)9-18-13-5-6-13/h2-4,7-8,13,18H,5-6,9-10H2,1H3. The molecule has 3 rings (SSSR count). The van der Waals surface area contributed by atoms with E-state index in [4.69, 9.17) is 9.15 Å². The predicted molar refractivity (Wildman–Crippen MR) is 74.0 cm³/mol. The van der Waals surface area contributed by atoms with E-state index in [9.17, 15) is 4.39 Å². The Morgan fingerprint density at radius 3 is 3.00 bits per heavy atom. The molecule has 0 spiro atoms. The third-order valence-electron chi connectivity index (χ3n) is 3.51. The largest absolute Gasteiger partial charge is 0.483 e. The van der Waals surface area contributed by atoms with Crippen LogP contribution in [0.25, 0.3) is 0 Å². The number of aryl methyl sites for hydroxylation is 1. The summed E-state index contributed by atoms with van der Waals surface area (Å²) in [5.74, 6) is 0.707. The second-order valence-electron chi connectivity index (χ2n) is 5.20. The summed E-state index contributed by atoms with van der Waals surface area (Å²) in [6, 6.07) is 7.72. The van der Waals surface area contributed by atoms with Gasteiger partial charge in [-0.25, -0.2) is 4.39 Å². The summed E-state index contributed by atoms with van der Waals surface area (Å²) in [6.45, 7) is 2.74. The summed E-state index contributed by atoms with van der Waals surface area (Å²) in [7, 11) is 0. The summed E-state index contributed by atoms with van der Waals surface area (Å²) in [4.78, 5) is 0. The van der Waals surface area contributed by atoms with Crippen molar-refractivity contribution >= 4 is 0 Å². The fourth-order valence-corrected chi connectivity index (χ4v) is 2.07. The number of furan rings is 1. The summed E-state index contributed by atoms with van der Waals surface area (Å²) in [5, 5.41) is 3.43. The third-order valence-corrected chi connectivity index (χ3v) is 3.51. The second kappa shape index (κ2) is 5.67. The number of benzene rings is 1. The van der Waals surface area contributed by atoms with Gasteiger partial charge in [-0.1, -0.05) is 12.1 Å². The van der Waals surface area contributed by atoms with Gasteiger partial charge < -0.3 is 14.5 Å². The molecule has 3 nitrogen and oxygen atoms in total. The van der Waals surface area contributed by atoms with Crippen molar-refractivity contribution in [1.29, 1.82) is 0 Å². The highest BCUT2D eigenvalue weighted by molar-refractivity contribution is 5.30. The Morgan fingerprint density at radius 2 is 2.20 bits per heavy atom. The molecule has 1 aliphatic carbocycles. The normalized spacial score (nSPS) is 14.5. The van der Waals surface area contributed by atoms with Crippen LogP contribution in [0.15, 0.2) is 34.9 Å². The van der Waals surface area contributed by atoms with Gasteiger partial charge in [-0.15, -0.1) is 0 Å². The van der Waals surface area contributed by atoms with E-state index in [1.165, 1.54) is 12.8 Å². The van der Waals surface area contributed by atoms with Crippen LogP contribution in [0, 0.1) is 12.7 Å². The molecule has 0 radical (unpaired) electrons. The zero-order valence-electron chi connectivity index (χ0n) is 11.5. The van der Waals surface area contributed by atoms with Gasteiger partial charge in [0.25, 0.3) is 0 Å². The average molecular weight is 275 g/mol. The molecule has 1 N–H and O–H groups in total. The summed E-state index contributed by atoms with van der Waals surface area (Å²) >= 11 is 0. The highest BCUT2D eigenvalue weighted by atomic mass is 19.1. The van der Waals surface area contributed by atoms with Crippen molar-refractivity contribution in [3.8, 4) is 5.75 Å². The van der Waals surface area contributed by atoms with Crippen molar-refractivity contribution in [3.05, 3.63) is 53.2 Å². The minimum Gasteiger partial charge on any atom is -0.483 e. The monoisotopic (exact) mass is 275 g/mol. The van der Waals surface area contributed by atoms with Crippen LogP contribution in [0.4, 0.5) is 4.39 Å². The predicted octanol–water partition coefficient (Wildman–Crippen LogP) is 3.56. The van der Waals surface area contributed by atoms with Crippen LogP contribution in [-0.4, -0.2) is 6.04 Å². The highest BCUT2D eigenvalue weighted by Gasteiger charge is 2.21. The first-order valence-electron chi connectivity index (χ1n) is 6.90. The van der Waals surface area contributed by atoms with E-state index in [1.54, 1.807) is 31.4 Å². The molecule has 1 aliphatic rings. The lowest BCUT2D eigenvalue weighted by Gasteiger charge is -2.08. The molecule has 1 aromatic heterocycles. The number of nitrogens with one attached hydrogen (secondary N) is 1. The van der Waals surface area contributed by atoms with Gasteiger partial charge in [0.05, 0.1) is 6.26 Å². The number of hydrogen-bond acceptors (Lipinski definition) is 3. The minimum atomic E-state index is -0.309. The number of rotatable bonds is 6. The fourth-order valence-electron chi connectivity index (χ4n) is 2.07. The molecule has 1 saturated carbocycles. The van der Waals surface area contributed by atoms with E-state index < -0.39 is 0 Å². The van der Waals surface area contributed by atoms with Gasteiger partial charge in [-0.05, 0) is 37.5 Å². The zero-order valence-corrected chi connectivity index (χ0v) is 11.5. The average Bonchev–Trinajstić information content (AvgIpc) is 3.17. The van der Waals surface area contributed by atoms with Crippen molar-refractivity contribution in [1.82, 2.24) is 5.32 Å².